The lowest BCUT2D eigenvalue weighted by Crippen LogP contribution is -2.38. The minimum atomic E-state index is -0.541. The zero-order chi connectivity index (χ0) is 31.8. The Morgan fingerprint density at radius 3 is 2.18 bits per heavy atom. The van der Waals surface area contributed by atoms with Crippen LogP contribution in [0.1, 0.15) is 71.1 Å². The van der Waals surface area contributed by atoms with Crippen molar-refractivity contribution in [1.29, 1.82) is 0 Å². The molecule has 1 aliphatic heterocycles. The van der Waals surface area contributed by atoms with Gasteiger partial charge < -0.3 is 15.0 Å². The van der Waals surface area contributed by atoms with Gasteiger partial charge in [-0.05, 0) is 66.8 Å². The van der Waals surface area contributed by atoms with Gasteiger partial charge in [0.2, 0.25) is 5.91 Å². The summed E-state index contributed by atoms with van der Waals surface area (Å²) in [7, 11) is 0. The van der Waals surface area contributed by atoms with E-state index < -0.39 is 17.7 Å². The first-order chi connectivity index (χ1) is 21.9. The van der Waals surface area contributed by atoms with E-state index in [1.54, 1.807) is 49.1 Å². The van der Waals surface area contributed by atoms with E-state index in [1.165, 1.54) is 23.3 Å². The molecule has 45 heavy (non-hydrogen) atoms. The Labute approximate surface area is 263 Å². The molecule has 1 aliphatic rings. The summed E-state index contributed by atoms with van der Waals surface area (Å²) in [5.74, 6) is -1.65. The first-order valence-electron chi connectivity index (χ1n) is 15.3. The molecule has 6 nitrogen and oxygen atoms in total. The second-order valence-electron chi connectivity index (χ2n) is 11.1. The van der Waals surface area contributed by atoms with Crippen LogP contribution in [-0.4, -0.2) is 35.8 Å². The molecule has 0 bridgehead atoms. The van der Waals surface area contributed by atoms with Crippen molar-refractivity contribution in [3.63, 3.8) is 0 Å². The molecule has 1 atom stereocenters. The Morgan fingerprint density at radius 1 is 0.911 bits per heavy atom. The van der Waals surface area contributed by atoms with Gasteiger partial charge in [0.05, 0.1) is 18.7 Å². The van der Waals surface area contributed by atoms with E-state index in [0.717, 1.165) is 12.0 Å². The SMILES string of the molecule is CCOC(=O)C1=C(C)N(Cc2cccc(C(=O)NCCC(c3ccccc3)c3ccccc3)c2)C(=O)CC1c1ccc(F)cc1. The summed E-state index contributed by atoms with van der Waals surface area (Å²) >= 11 is 0. The molecule has 0 aromatic heterocycles. The summed E-state index contributed by atoms with van der Waals surface area (Å²) in [5.41, 5.74) is 5.17. The average Bonchev–Trinajstić information content (AvgIpc) is 3.06. The summed E-state index contributed by atoms with van der Waals surface area (Å²) < 4.78 is 19.0. The molecule has 0 aliphatic carbocycles. The second kappa shape index (κ2) is 14.6. The van der Waals surface area contributed by atoms with Crippen molar-refractivity contribution in [3.05, 3.63) is 154 Å². The zero-order valence-corrected chi connectivity index (χ0v) is 25.5. The van der Waals surface area contributed by atoms with Crippen molar-refractivity contribution in [2.45, 2.75) is 45.1 Å². The Balaban J connectivity index is 1.30. The van der Waals surface area contributed by atoms with Gasteiger partial charge in [0.15, 0.2) is 0 Å². The number of esters is 1. The monoisotopic (exact) mass is 604 g/mol. The number of ether oxygens (including phenoxy) is 1. The summed E-state index contributed by atoms with van der Waals surface area (Å²) in [5, 5.41) is 3.06. The van der Waals surface area contributed by atoms with Gasteiger partial charge in [-0.2, -0.15) is 0 Å². The lowest BCUT2D eigenvalue weighted by atomic mass is 9.83. The summed E-state index contributed by atoms with van der Waals surface area (Å²) in [6.45, 7) is 4.32. The van der Waals surface area contributed by atoms with Crippen molar-refractivity contribution in [3.8, 4) is 0 Å². The standard InChI is InChI=1S/C38H37FN2O4/c1-3-45-38(44)36-26(2)41(35(42)24-34(36)30-17-19-32(39)20-18-30)25-27-11-10-16-31(23-27)37(43)40-22-21-33(28-12-6-4-7-13-28)29-14-8-5-9-15-29/h4-20,23,33-34H,3,21-22,24-25H2,1-2H3,(H,40,43). The van der Waals surface area contributed by atoms with Crippen LogP contribution < -0.4 is 5.32 Å². The van der Waals surface area contributed by atoms with Crippen LogP contribution in [0.2, 0.25) is 0 Å². The molecule has 0 saturated carbocycles. The number of nitrogens with zero attached hydrogens (tertiary/aromatic N) is 1. The first kappa shape index (κ1) is 31.4. The minimum absolute atomic E-state index is 0.0429. The predicted octanol–water partition coefficient (Wildman–Crippen LogP) is 7.13. The molecule has 2 amide bonds. The summed E-state index contributed by atoms with van der Waals surface area (Å²) in [6.07, 6.45) is 0.777. The van der Waals surface area contributed by atoms with Crippen molar-refractivity contribution in [1.82, 2.24) is 10.2 Å². The van der Waals surface area contributed by atoms with Gasteiger partial charge in [-0.15, -0.1) is 0 Å². The molecule has 4 aromatic rings. The lowest BCUT2D eigenvalue weighted by Gasteiger charge is -2.34. The molecule has 0 spiro atoms. The summed E-state index contributed by atoms with van der Waals surface area (Å²) in [4.78, 5) is 41.3. The molecule has 0 fully saturated rings. The molecule has 1 unspecified atom stereocenters. The van der Waals surface area contributed by atoms with Gasteiger partial charge in [-0.1, -0.05) is 84.9 Å². The van der Waals surface area contributed by atoms with Crippen LogP contribution in [0.5, 0.6) is 0 Å². The average molecular weight is 605 g/mol. The fourth-order valence-electron chi connectivity index (χ4n) is 5.98. The number of nitrogens with one attached hydrogen (secondary N) is 1. The molecule has 1 N–H and O–H groups in total. The Kier molecular flexibility index (Phi) is 10.2. The largest absolute Gasteiger partial charge is 0.463 e. The molecule has 230 valence electrons. The van der Waals surface area contributed by atoms with Crippen LogP contribution in [0.4, 0.5) is 4.39 Å². The Hall–Kier alpha value is -5.04. The van der Waals surface area contributed by atoms with Crippen LogP contribution in [0.25, 0.3) is 0 Å². The van der Waals surface area contributed by atoms with Crippen molar-refractivity contribution in [2.24, 2.45) is 0 Å². The van der Waals surface area contributed by atoms with E-state index >= 15 is 0 Å². The van der Waals surface area contributed by atoms with Crippen LogP contribution in [0.3, 0.4) is 0 Å². The second-order valence-corrected chi connectivity index (χ2v) is 11.1. The molecule has 0 radical (unpaired) electrons. The van der Waals surface area contributed by atoms with Crippen LogP contribution in [0.15, 0.2) is 120 Å². The smallest absolute Gasteiger partial charge is 0.336 e. The Bertz CT molecular complexity index is 1630. The van der Waals surface area contributed by atoms with E-state index in [2.05, 4.69) is 29.6 Å². The number of rotatable bonds is 11. The molecular weight excluding hydrogens is 567 g/mol. The van der Waals surface area contributed by atoms with Crippen molar-refractivity contribution >= 4 is 17.8 Å². The van der Waals surface area contributed by atoms with Gasteiger partial charge in [0.25, 0.3) is 5.91 Å². The van der Waals surface area contributed by atoms with Crippen LogP contribution in [0, 0.1) is 5.82 Å². The number of allylic oxidation sites excluding steroid dienone is 1. The molecule has 0 saturated heterocycles. The van der Waals surface area contributed by atoms with E-state index in [-0.39, 0.29) is 37.3 Å². The number of hydrogen-bond acceptors (Lipinski definition) is 4. The maximum atomic E-state index is 13.6. The van der Waals surface area contributed by atoms with E-state index in [9.17, 15) is 18.8 Å². The van der Waals surface area contributed by atoms with Gasteiger partial charge in [-0.25, -0.2) is 9.18 Å². The third-order valence-electron chi connectivity index (χ3n) is 8.24. The number of amides is 2. The molecule has 5 rings (SSSR count). The van der Waals surface area contributed by atoms with E-state index in [4.69, 9.17) is 4.74 Å². The zero-order valence-electron chi connectivity index (χ0n) is 25.5. The highest BCUT2D eigenvalue weighted by Crippen LogP contribution is 2.38. The van der Waals surface area contributed by atoms with Crippen molar-refractivity contribution < 1.29 is 23.5 Å². The van der Waals surface area contributed by atoms with Crippen LogP contribution in [-0.2, 0) is 20.9 Å². The Morgan fingerprint density at radius 2 is 1.56 bits per heavy atom. The number of carbonyl (C=O) groups is 3. The normalized spacial score (nSPS) is 14.9. The van der Waals surface area contributed by atoms with Gasteiger partial charge in [0, 0.05) is 36.1 Å². The highest BCUT2D eigenvalue weighted by atomic mass is 19.1. The maximum absolute atomic E-state index is 13.6. The van der Waals surface area contributed by atoms with Gasteiger partial charge in [-0.3, -0.25) is 9.59 Å². The van der Waals surface area contributed by atoms with Crippen molar-refractivity contribution in [2.75, 3.05) is 13.2 Å². The molecule has 7 heteroatoms. The van der Waals surface area contributed by atoms with E-state index in [1.807, 2.05) is 42.5 Å². The number of hydrogen-bond donors (Lipinski definition) is 1. The predicted molar refractivity (Wildman–Crippen MR) is 172 cm³/mol. The maximum Gasteiger partial charge on any atom is 0.336 e. The molecule has 4 aromatic carbocycles. The third kappa shape index (κ3) is 7.55. The molecular formula is C38H37FN2O4. The van der Waals surface area contributed by atoms with Gasteiger partial charge >= 0.3 is 5.97 Å². The fraction of sp³-hybridized carbons (Fsp3) is 0.237. The first-order valence-corrected chi connectivity index (χ1v) is 15.3. The van der Waals surface area contributed by atoms with E-state index in [0.29, 0.717) is 28.9 Å². The van der Waals surface area contributed by atoms with Gasteiger partial charge in [0.1, 0.15) is 5.82 Å². The highest BCUT2D eigenvalue weighted by molar-refractivity contribution is 5.96. The number of benzene rings is 4. The number of halogens is 1. The molecule has 1 heterocycles. The summed E-state index contributed by atoms with van der Waals surface area (Å²) in [6, 6.07) is 33.5. The highest BCUT2D eigenvalue weighted by Gasteiger charge is 2.37. The number of carbonyl (C=O) groups excluding carboxylic acids is 3. The quantitative estimate of drug-likeness (QED) is 0.185. The topological polar surface area (TPSA) is 75.7 Å². The lowest BCUT2D eigenvalue weighted by molar-refractivity contribution is -0.140. The fourth-order valence-corrected chi connectivity index (χ4v) is 5.98. The van der Waals surface area contributed by atoms with Crippen LogP contribution >= 0.6 is 0 Å². The third-order valence-corrected chi connectivity index (χ3v) is 8.24. The minimum Gasteiger partial charge on any atom is -0.463 e.